The minimum Gasteiger partial charge on any atom is -0.289 e. The molecule has 0 N–H and O–H groups in total. The Hall–Kier alpha value is -2.28. The summed E-state index contributed by atoms with van der Waals surface area (Å²) in [7, 11) is 0. The van der Waals surface area contributed by atoms with Gasteiger partial charge in [0.1, 0.15) is 5.82 Å². The topological polar surface area (TPSA) is 34.9 Å². The smallest absolute Gasteiger partial charge is 0.289 e. The molecule has 1 aromatic heterocycles. The maximum absolute atomic E-state index is 14.1. The van der Waals surface area contributed by atoms with Gasteiger partial charge in [0.2, 0.25) is 0 Å². The first-order valence-corrected chi connectivity index (χ1v) is 7.72. The van der Waals surface area contributed by atoms with Crippen molar-refractivity contribution in [3.8, 4) is 0 Å². The predicted molar refractivity (Wildman–Crippen MR) is 80.9 cm³/mol. The molecule has 0 fully saturated rings. The van der Waals surface area contributed by atoms with E-state index in [1.54, 1.807) is 0 Å². The van der Waals surface area contributed by atoms with Crippen LogP contribution in [0.5, 0.6) is 0 Å². The molecule has 0 saturated heterocycles. The molecular weight excluding hydrogens is 325 g/mol. The fourth-order valence-corrected chi connectivity index (χ4v) is 4.12. The van der Waals surface area contributed by atoms with E-state index in [4.69, 9.17) is 0 Å². The first kappa shape index (κ1) is 14.3. The number of halogens is 3. The van der Waals surface area contributed by atoms with Crippen molar-refractivity contribution in [3.05, 3.63) is 70.0 Å². The van der Waals surface area contributed by atoms with Crippen molar-refractivity contribution < 1.29 is 13.2 Å². The first-order valence-electron chi connectivity index (χ1n) is 6.84. The number of benzene rings is 2. The van der Waals surface area contributed by atoms with Gasteiger partial charge in [-0.05, 0) is 12.1 Å². The van der Waals surface area contributed by atoms with Crippen LogP contribution in [-0.2, 0) is 6.54 Å². The summed E-state index contributed by atoms with van der Waals surface area (Å²) in [5, 5.41) is 0.268. The zero-order chi connectivity index (χ0) is 16.1. The van der Waals surface area contributed by atoms with Crippen LogP contribution in [0, 0.1) is 17.5 Å². The molecule has 2 heterocycles. The van der Waals surface area contributed by atoms with E-state index in [0.717, 1.165) is 21.9 Å². The Kier molecular flexibility index (Phi) is 3.19. The summed E-state index contributed by atoms with van der Waals surface area (Å²) < 4.78 is 42.1. The van der Waals surface area contributed by atoms with Crippen molar-refractivity contribution in [2.24, 2.45) is 0 Å². The minimum absolute atomic E-state index is 0.0345. The predicted octanol–water partition coefficient (Wildman–Crippen LogP) is 3.66. The highest BCUT2D eigenvalue weighted by Crippen LogP contribution is 2.44. The van der Waals surface area contributed by atoms with E-state index in [1.807, 2.05) is 18.2 Å². The molecule has 1 aliphatic rings. The van der Waals surface area contributed by atoms with Gasteiger partial charge in [-0.25, -0.2) is 22.9 Å². The monoisotopic (exact) mass is 334 g/mol. The highest BCUT2D eigenvalue weighted by atomic mass is 32.2. The van der Waals surface area contributed by atoms with Crippen molar-refractivity contribution in [2.75, 3.05) is 0 Å². The highest BCUT2D eigenvalue weighted by molar-refractivity contribution is 7.99. The van der Waals surface area contributed by atoms with E-state index in [2.05, 4.69) is 4.98 Å². The number of hydrogen-bond donors (Lipinski definition) is 0. The summed E-state index contributed by atoms with van der Waals surface area (Å²) in [6.45, 7) is 0.146. The third-order valence-electron chi connectivity index (χ3n) is 3.85. The lowest BCUT2D eigenvalue weighted by Gasteiger charge is -2.26. The summed E-state index contributed by atoms with van der Waals surface area (Å²) in [6, 6.07) is 6.85. The molecule has 1 aliphatic heterocycles. The molecule has 0 saturated carbocycles. The molecule has 2 aromatic carbocycles. The molecular formula is C16H9F3N2OS. The molecule has 0 aliphatic carbocycles. The first-order chi connectivity index (χ1) is 11.0. The van der Waals surface area contributed by atoms with Crippen LogP contribution in [0.25, 0.3) is 10.9 Å². The number of nitrogens with zero attached hydrogens (tertiary/aromatic N) is 2. The standard InChI is InChI=1S/C16H9F3N2OS/c17-10-5-12(19)11(18)4-9(10)14-7-21-15-8(6-20-16(21)22)2-1-3-13(15)23-14/h1-6,14H,7H2. The average Bonchev–Trinajstić information content (AvgIpc) is 2.54. The van der Waals surface area contributed by atoms with Gasteiger partial charge in [-0.15, -0.1) is 11.8 Å². The van der Waals surface area contributed by atoms with E-state index in [1.165, 1.54) is 22.5 Å². The SMILES string of the molecule is O=c1ncc2cccc3c2n1CC(c1cc(F)c(F)cc1F)S3. The molecule has 0 spiro atoms. The summed E-state index contributed by atoms with van der Waals surface area (Å²) in [6.07, 6.45) is 1.50. The fourth-order valence-electron chi connectivity index (χ4n) is 2.79. The van der Waals surface area contributed by atoms with E-state index in [0.29, 0.717) is 6.07 Å². The maximum atomic E-state index is 14.1. The van der Waals surface area contributed by atoms with Gasteiger partial charge in [0, 0.05) is 34.7 Å². The van der Waals surface area contributed by atoms with E-state index in [-0.39, 0.29) is 12.1 Å². The lowest BCUT2D eigenvalue weighted by molar-refractivity contribution is 0.486. The van der Waals surface area contributed by atoms with Crippen LogP contribution in [0.15, 0.2) is 46.2 Å². The number of aromatic nitrogens is 2. The molecule has 3 aromatic rings. The van der Waals surface area contributed by atoms with Crippen molar-refractivity contribution in [1.29, 1.82) is 0 Å². The van der Waals surface area contributed by atoms with E-state index in [9.17, 15) is 18.0 Å². The summed E-state index contributed by atoms with van der Waals surface area (Å²) in [5.41, 5.74) is 0.322. The molecule has 0 bridgehead atoms. The Balaban J connectivity index is 1.89. The molecule has 116 valence electrons. The van der Waals surface area contributed by atoms with Crippen molar-refractivity contribution in [2.45, 2.75) is 16.7 Å². The minimum atomic E-state index is -1.23. The van der Waals surface area contributed by atoms with Gasteiger partial charge in [0.15, 0.2) is 11.6 Å². The molecule has 3 nitrogen and oxygen atoms in total. The maximum Gasteiger partial charge on any atom is 0.348 e. The van der Waals surface area contributed by atoms with Crippen LogP contribution in [-0.4, -0.2) is 9.55 Å². The third kappa shape index (κ3) is 2.23. The summed E-state index contributed by atoms with van der Waals surface area (Å²) >= 11 is 1.32. The molecule has 7 heteroatoms. The van der Waals surface area contributed by atoms with Crippen LogP contribution >= 0.6 is 11.8 Å². The lowest BCUT2D eigenvalue weighted by Crippen LogP contribution is -2.27. The Morgan fingerprint density at radius 3 is 2.74 bits per heavy atom. The summed E-state index contributed by atoms with van der Waals surface area (Å²) in [5.74, 6) is -3.16. The molecule has 4 rings (SSSR count). The van der Waals surface area contributed by atoms with Crippen LogP contribution in [0.4, 0.5) is 13.2 Å². The Bertz CT molecular complexity index is 1000. The van der Waals surface area contributed by atoms with Gasteiger partial charge in [0.05, 0.1) is 10.8 Å². The second-order valence-electron chi connectivity index (χ2n) is 5.24. The van der Waals surface area contributed by atoms with Crippen LogP contribution in [0.3, 0.4) is 0 Å². The van der Waals surface area contributed by atoms with Gasteiger partial charge in [-0.1, -0.05) is 12.1 Å². The molecule has 1 atom stereocenters. The van der Waals surface area contributed by atoms with Crippen molar-refractivity contribution in [1.82, 2.24) is 9.55 Å². The third-order valence-corrected chi connectivity index (χ3v) is 5.12. The molecule has 1 unspecified atom stereocenters. The van der Waals surface area contributed by atoms with Gasteiger partial charge >= 0.3 is 5.69 Å². The van der Waals surface area contributed by atoms with Crippen LogP contribution < -0.4 is 5.69 Å². The molecule has 23 heavy (non-hydrogen) atoms. The Labute approximate surface area is 132 Å². The fraction of sp³-hybridized carbons (Fsp3) is 0.125. The quantitative estimate of drug-likeness (QED) is 0.637. The van der Waals surface area contributed by atoms with Gasteiger partial charge in [0.25, 0.3) is 0 Å². The number of rotatable bonds is 1. The zero-order valence-corrected chi connectivity index (χ0v) is 12.4. The van der Waals surface area contributed by atoms with E-state index < -0.39 is 28.4 Å². The Morgan fingerprint density at radius 1 is 1.13 bits per heavy atom. The number of hydrogen-bond acceptors (Lipinski definition) is 3. The second-order valence-corrected chi connectivity index (χ2v) is 6.48. The summed E-state index contributed by atoms with van der Waals surface area (Å²) in [4.78, 5) is 16.6. The zero-order valence-electron chi connectivity index (χ0n) is 11.6. The number of para-hydroxylation sites is 1. The lowest BCUT2D eigenvalue weighted by atomic mass is 10.1. The van der Waals surface area contributed by atoms with Gasteiger partial charge < -0.3 is 0 Å². The average molecular weight is 334 g/mol. The van der Waals surface area contributed by atoms with Crippen LogP contribution in [0.1, 0.15) is 10.8 Å². The van der Waals surface area contributed by atoms with Crippen LogP contribution in [0.2, 0.25) is 0 Å². The van der Waals surface area contributed by atoms with Gasteiger partial charge in [-0.2, -0.15) is 0 Å². The Morgan fingerprint density at radius 2 is 1.91 bits per heavy atom. The van der Waals surface area contributed by atoms with Gasteiger partial charge in [-0.3, -0.25) is 4.57 Å². The normalized spacial score (nSPS) is 16.7. The molecule has 0 amide bonds. The molecule has 0 radical (unpaired) electrons. The van der Waals surface area contributed by atoms with Crippen molar-refractivity contribution in [3.63, 3.8) is 0 Å². The second kappa shape index (κ2) is 5.13. The van der Waals surface area contributed by atoms with Crippen molar-refractivity contribution >= 4 is 22.7 Å². The largest absolute Gasteiger partial charge is 0.348 e. The van der Waals surface area contributed by atoms with E-state index >= 15 is 0 Å². The number of thioether (sulfide) groups is 1. The highest BCUT2D eigenvalue weighted by Gasteiger charge is 2.27.